The minimum absolute atomic E-state index is 0.461. The Balaban J connectivity index is 0.000000625. The van der Waals surface area contributed by atoms with Crippen LogP contribution in [-0.4, -0.2) is 203 Å². The standard InChI is InChI=1S/5C7H12N2O9P2/c5*10-6(11)3-8-1-2-9(5-8)4-7(12,19(13,14)15)20(16,17)18/h5*1-2,5,12H,3-4H2,(H4-,10,11,13,14,15,16,17,18). The van der Waals surface area contributed by atoms with E-state index in [-0.39, 0.29) is 0 Å². The molecule has 0 saturated carbocycles. The Morgan fingerprint density at radius 2 is 0.400 bits per heavy atom. The van der Waals surface area contributed by atoms with Gasteiger partial charge in [-0.15, -0.1) is 0 Å². The zero-order valence-electron chi connectivity index (χ0n) is 49.0. The van der Waals surface area contributed by atoms with Crippen molar-refractivity contribution in [3.05, 3.63) is 93.6 Å². The second kappa shape index (κ2) is 33.6. The summed E-state index contributed by atoms with van der Waals surface area (Å²) in [6, 6.07) is 0. The van der Waals surface area contributed by atoms with Gasteiger partial charge in [0.15, 0.2) is 70.7 Å². The molecule has 5 aromatic rings. The van der Waals surface area contributed by atoms with Gasteiger partial charge in [-0.2, -0.15) is 0 Å². The number of carbonyl (C=O) groups is 5. The highest BCUT2D eigenvalue weighted by Crippen LogP contribution is 2.70. The summed E-state index contributed by atoms with van der Waals surface area (Å²) >= 11 is 0. The molecular weight excluding hydrogens is 1590 g/mol. The molecule has 5 heterocycles. The summed E-state index contributed by atoms with van der Waals surface area (Å²) in [5.74, 6) is -6.00. The predicted molar refractivity (Wildman–Crippen MR) is 295 cm³/mol. The van der Waals surface area contributed by atoms with Gasteiger partial charge in [-0.25, -0.2) is 69.6 Å². The molecule has 0 aliphatic heterocycles. The Bertz CT molecular complexity index is 3500. The van der Waals surface area contributed by atoms with Crippen LogP contribution in [0, 0.1) is 0 Å². The average molecular weight is 1650 g/mol. The zero-order valence-corrected chi connectivity index (χ0v) is 58.0. The van der Waals surface area contributed by atoms with Crippen molar-refractivity contribution >= 4 is 106 Å². The van der Waals surface area contributed by atoms with Crippen LogP contribution in [0.15, 0.2) is 93.6 Å². The van der Waals surface area contributed by atoms with Crippen molar-refractivity contribution in [3.8, 4) is 0 Å². The molecule has 0 aromatic carbocycles. The molecule has 0 fully saturated rings. The summed E-state index contributed by atoms with van der Waals surface area (Å²) in [7, 11) is -57.0. The summed E-state index contributed by atoms with van der Waals surface area (Å²) < 4.78 is 120. The van der Waals surface area contributed by atoms with E-state index in [0.29, 0.717) is 0 Å². The molecule has 55 nitrogen and oxygen atoms in total. The van der Waals surface area contributed by atoms with Crippen LogP contribution < -0.4 is 47.3 Å². The molecule has 0 aliphatic rings. The highest BCUT2D eigenvalue weighted by atomic mass is 31.3. The van der Waals surface area contributed by atoms with Crippen LogP contribution in [0.4, 0.5) is 0 Å². The number of carboxylic acids is 5. The Hall–Kier alpha value is -5.30. The molecule has 6 atom stereocenters. The molecule has 0 radical (unpaired) electrons. The van der Waals surface area contributed by atoms with Gasteiger partial charge in [0.2, 0.25) is 41.8 Å². The highest BCUT2D eigenvalue weighted by molar-refractivity contribution is 7.73. The number of hydrogen-bond acceptors (Lipinski definition) is 25. The SMILES string of the molecule is O=C(O)C[n+]1ccn(CC(O)(P(=O)(O)O)P(=O)(O)O)c1.O=C(O)C[n+]1ccn(CC(O)(P(=O)(O)O)P(=O)(O)O)c1.O=C(O)C[n+]1ccn(CC(O)(P(=O)([O-])O)P(=O)(O)O)c1.O=C(O)C[n+]1ccn(CC(O)(P(=O)([O-])O)P(=O)([O-])O)c1.O=C(O)C[n+]1ccn(CC(O)(P(=O)([O-])O)P(=O)([O-])O)c1. The van der Waals surface area contributed by atoms with Crippen LogP contribution >= 0.6 is 76.0 Å². The van der Waals surface area contributed by atoms with Gasteiger partial charge in [0.05, 0.1) is 0 Å². The maximum Gasteiger partial charge on any atom is 0.373 e. The molecule has 5 rings (SSSR count). The molecule has 100 heavy (non-hydrogen) atoms. The third-order valence-corrected chi connectivity index (χ3v) is 30.2. The lowest BCUT2D eigenvalue weighted by Crippen LogP contribution is -2.41. The topological polar surface area (TPSA) is 921 Å². The molecule has 5 aromatic heterocycles. The first-order chi connectivity index (χ1) is 44.3. The van der Waals surface area contributed by atoms with Gasteiger partial charge in [0.25, 0.3) is 5.08 Å². The molecule has 6 unspecified atom stereocenters. The zero-order chi connectivity index (χ0) is 78.8. The first-order valence-corrected chi connectivity index (χ1v) is 40.7. The van der Waals surface area contributed by atoms with Gasteiger partial charge in [-0.05, 0) is 0 Å². The number of hydrogen-bond donors (Lipinski definition) is 25. The van der Waals surface area contributed by atoms with Crippen molar-refractivity contribution in [1.82, 2.24) is 22.8 Å². The van der Waals surface area contributed by atoms with Crippen molar-refractivity contribution < 1.29 is 241 Å². The maximum absolute atomic E-state index is 11.1. The minimum atomic E-state index is -5.86. The van der Waals surface area contributed by atoms with Crippen LogP contribution in [0.25, 0.3) is 0 Å². The van der Waals surface area contributed by atoms with Gasteiger partial charge >= 0.3 is 78.0 Å². The number of aromatic nitrogens is 10. The molecule has 0 amide bonds. The van der Waals surface area contributed by atoms with Gasteiger partial charge in [0, 0.05) is 0 Å². The summed E-state index contributed by atoms with van der Waals surface area (Å²) in [5, 5.41) is 72.1. The van der Waals surface area contributed by atoms with Gasteiger partial charge in [-0.1, -0.05) is 0 Å². The molecule has 65 heteroatoms. The van der Waals surface area contributed by atoms with Gasteiger partial charge in [-0.3, -0.25) is 22.8 Å². The first kappa shape index (κ1) is 92.7. The van der Waals surface area contributed by atoms with E-state index in [4.69, 9.17) is 98.9 Å². The number of aliphatic carboxylic acids is 5. The summed E-state index contributed by atoms with van der Waals surface area (Å²) in [4.78, 5) is 240. The predicted octanol–water partition coefficient (Wildman–Crippen LogP) is -13.9. The maximum atomic E-state index is 11.1. The second-order valence-electron chi connectivity index (χ2n) is 20.0. The van der Waals surface area contributed by atoms with E-state index in [9.17, 15) is 120 Å². The fourth-order valence-corrected chi connectivity index (χ4v) is 16.9. The van der Waals surface area contributed by atoms with Crippen molar-refractivity contribution in [2.24, 2.45) is 0 Å². The highest BCUT2D eigenvalue weighted by Gasteiger charge is 2.63. The van der Waals surface area contributed by atoms with E-state index in [0.717, 1.165) is 121 Å². The van der Waals surface area contributed by atoms with E-state index >= 15 is 0 Å². The Morgan fingerprint density at radius 3 is 0.520 bits per heavy atom. The molecule has 0 aliphatic carbocycles. The third kappa shape index (κ3) is 25.5. The lowest BCUT2D eigenvalue weighted by molar-refractivity contribution is -0.685. The minimum Gasteiger partial charge on any atom is -0.776 e. The molecule has 570 valence electrons. The van der Waals surface area contributed by atoms with Gasteiger partial charge < -0.3 is 172 Å². The Labute approximate surface area is 552 Å². The quantitative estimate of drug-likeness (QED) is 0.0150. The van der Waals surface area contributed by atoms with E-state index < -0.39 is 197 Å². The number of aliphatic hydroxyl groups is 5. The molecule has 0 bridgehead atoms. The fraction of sp³-hybridized carbons (Fsp3) is 0.429. The number of nitrogens with zero attached hydrogens (tertiary/aromatic N) is 10. The molecule has 25 N–H and O–H groups in total. The third-order valence-electron chi connectivity index (χ3n) is 11.9. The Morgan fingerprint density at radius 1 is 0.270 bits per heavy atom. The van der Waals surface area contributed by atoms with Crippen LogP contribution in [-0.2, 0) is 135 Å². The first-order valence-electron chi connectivity index (χ1n) is 24.8. The lowest BCUT2D eigenvalue weighted by atomic mass is 10.6. The Kier molecular flexibility index (Phi) is 31.2. The summed E-state index contributed by atoms with van der Waals surface area (Å²) in [6.07, 6.45) is 16.3. The number of rotatable bonds is 30. The summed E-state index contributed by atoms with van der Waals surface area (Å²) in [5.41, 5.74) is 0. The van der Waals surface area contributed by atoms with E-state index in [1.54, 1.807) is 0 Å². The molecule has 0 spiro atoms. The van der Waals surface area contributed by atoms with Crippen molar-refractivity contribution in [2.75, 3.05) is 0 Å². The average Bonchev–Trinajstić information content (AvgIpc) is 1.19. The van der Waals surface area contributed by atoms with Crippen LogP contribution in [0.3, 0.4) is 0 Å². The van der Waals surface area contributed by atoms with Gasteiger partial charge in [0.1, 0.15) is 94.7 Å². The van der Waals surface area contributed by atoms with Crippen LogP contribution in [0.2, 0.25) is 0 Å². The van der Waals surface area contributed by atoms with E-state index in [1.165, 1.54) is 18.6 Å². The monoisotopic (exact) mass is 1650 g/mol. The van der Waals surface area contributed by atoms with Crippen LogP contribution in [0.5, 0.6) is 0 Å². The largest absolute Gasteiger partial charge is 0.776 e. The fourth-order valence-electron chi connectivity index (χ4n) is 6.87. The lowest BCUT2D eigenvalue weighted by Gasteiger charge is -2.40. The van der Waals surface area contributed by atoms with E-state index in [1.807, 2.05) is 0 Å². The summed E-state index contributed by atoms with van der Waals surface area (Å²) in [6.45, 7) is -8.21. The van der Waals surface area contributed by atoms with E-state index in [2.05, 4.69) is 0 Å². The smallest absolute Gasteiger partial charge is 0.373 e. The van der Waals surface area contributed by atoms with Crippen molar-refractivity contribution in [3.63, 3.8) is 0 Å². The number of carboxylic acid groups (broad SMARTS) is 5. The second-order valence-corrected chi connectivity index (χ2v) is 39.8. The van der Waals surface area contributed by atoms with Crippen molar-refractivity contribution in [2.45, 2.75) is 90.9 Å². The van der Waals surface area contributed by atoms with Crippen LogP contribution in [0.1, 0.15) is 0 Å². The normalized spacial score (nSPS) is 17.3. The molecular formula is C35H60N10O45P10. The van der Waals surface area contributed by atoms with Crippen molar-refractivity contribution in [1.29, 1.82) is 0 Å². The number of imidazole rings is 5. The molecule has 0 saturated heterocycles.